The van der Waals surface area contributed by atoms with Crippen LogP contribution < -0.4 is 9.80 Å². The highest BCUT2D eigenvalue weighted by molar-refractivity contribution is 5.95. The van der Waals surface area contributed by atoms with Crippen LogP contribution in [0.1, 0.15) is 25.3 Å². The van der Waals surface area contributed by atoms with E-state index in [9.17, 15) is 4.79 Å². The van der Waals surface area contributed by atoms with E-state index in [2.05, 4.69) is 31.2 Å². The smallest absolute Gasteiger partial charge is 0.231 e. The van der Waals surface area contributed by atoms with Crippen molar-refractivity contribution in [3.05, 3.63) is 54.6 Å². The fraction of sp³-hybridized carbons (Fsp3) is 0.381. The molecular formula is C21H25N7O. The molecule has 150 valence electrons. The predicted molar refractivity (Wildman–Crippen MR) is 111 cm³/mol. The first-order valence-corrected chi connectivity index (χ1v) is 9.97. The molecule has 0 aliphatic carbocycles. The topological polar surface area (TPSA) is 80.0 Å². The van der Waals surface area contributed by atoms with Crippen molar-refractivity contribution in [2.75, 3.05) is 29.4 Å². The quantitative estimate of drug-likeness (QED) is 0.665. The van der Waals surface area contributed by atoms with Crippen LogP contribution in [0, 0.1) is 12.8 Å². The van der Waals surface area contributed by atoms with Gasteiger partial charge in [0.1, 0.15) is 12.7 Å². The van der Waals surface area contributed by atoms with E-state index in [1.807, 2.05) is 49.1 Å². The molecule has 1 aromatic carbocycles. The van der Waals surface area contributed by atoms with Gasteiger partial charge in [-0.15, -0.1) is 10.2 Å². The molecule has 4 rings (SSSR count). The largest absolute Gasteiger partial charge is 0.354 e. The minimum atomic E-state index is -0.0546. The average Bonchev–Trinajstić information content (AvgIpc) is 3.29. The summed E-state index contributed by atoms with van der Waals surface area (Å²) in [6, 6.07) is 11.9. The Bertz CT molecular complexity index is 955. The fourth-order valence-electron chi connectivity index (χ4n) is 3.80. The van der Waals surface area contributed by atoms with Crippen LogP contribution in [0.25, 0.3) is 5.82 Å². The van der Waals surface area contributed by atoms with Crippen LogP contribution in [0.4, 0.5) is 11.5 Å². The van der Waals surface area contributed by atoms with Gasteiger partial charge in [-0.3, -0.25) is 4.79 Å². The van der Waals surface area contributed by atoms with E-state index >= 15 is 0 Å². The summed E-state index contributed by atoms with van der Waals surface area (Å²) in [7, 11) is 0. The molecule has 3 heterocycles. The van der Waals surface area contributed by atoms with E-state index in [4.69, 9.17) is 0 Å². The number of anilines is 2. The Morgan fingerprint density at radius 3 is 2.72 bits per heavy atom. The molecule has 29 heavy (non-hydrogen) atoms. The predicted octanol–water partition coefficient (Wildman–Crippen LogP) is 2.64. The first-order chi connectivity index (χ1) is 14.2. The van der Waals surface area contributed by atoms with E-state index in [0.717, 1.165) is 36.5 Å². The number of aromatic nitrogens is 5. The van der Waals surface area contributed by atoms with Gasteiger partial charge in [0.25, 0.3) is 0 Å². The summed E-state index contributed by atoms with van der Waals surface area (Å²) < 4.78 is 1.57. The normalized spacial score (nSPS) is 16.6. The van der Waals surface area contributed by atoms with Crippen LogP contribution >= 0.6 is 0 Å². The van der Waals surface area contributed by atoms with Crippen molar-refractivity contribution >= 4 is 17.4 Å². The second-order valence-corrected chi connectivity index (χ2v) is 7.30. The molecule has 1 aliphatic heterocycles. The maximum Gasteiger partial charge on any atom is 0.231 e. The van der Waals surface area contributed by atoms with E-state index < -0.39 is 0 Å². The highest BCUT2D eigenvalue weighted by Gasteiger charge is 2.30. The summed E-state index contributed by atoms with van der Waals surface area (Å²) >= 11 is 0. The minimum Gasteiger partial charge on any atom is -0.354 e. The van der Waals surface area contributed by atoms with Gasteiger partial charge < -0.3 is 9.80 Å². The second-order valence-electron chi connectivity index (χ2n) is 7.30. The van der Waals surface area contributed by atoms with E-state index in [-0.39, 0.29) is 11.8 Å². The zero-order valence-electron chi connectivity index (χ0n) is 16.8. The molecule has 0 radical (unpaired) electrons. The van der Waals surface area contributed by atoms with Crippen LogP contribution in [0.2, 0.25) is 0 Å². The van der Waals surface area contributed by atoms with E-state index in [0.29, 0.717) is 18.9 Å². The number of hydrogen-bond donors (Lipinski definition) is 0. The second kappa shape index (κ2) is 8.38. The maximum absolute atomic E-state index is 13.3. The summed E-state index contributed by atoms with van der Waals surface area (Å²) in [5.41, 5.74) is 2.12. The number of piperidine rings is 1. The number of benzene rings is 1. The van der Waals surface area contributed by atoms with Crippen LogP contribution in [0.5, 0.6) is 0 Å². The Morgan fingerprint density at radius 1 is 1.21 bits per heavy atom. The van der Waals surface area contributed by atoms with Gasteiger partial charge in [0.05, 0.1) is 5.92 Å². The summed E-state index contributed by atoms with van der Waals surface area (Å²) in [6.07, 6.45) is 4.89. The van der Waals surface area contributed by atoms with E-state index in [1.54, 1.807) is 11.0 Å². The highest BCUT2D eigenvalue weighted by atomic mass is 16.2. The third kappa shape index (κ3) is 4.11. The lowest BCUT2D eigenvalue weighted by atomic mass is 9.96. The first-order valence-electron chi connectivity index (χ1n) is 9.97. The van der Waals surface area contributed by atoms with Gasteiger partial charge in [-0.05, 0) is 56.5 Å². The zero-order valence-corrected chi connectivity index (χ0v) is 16.8. The van der Waals surface area contributed by atoms with Gasteiger partial charge in [-0.2, -0.15) is 5.10 Å². The monoisotopic (exact) mass is 391 g/mol. The van der Waals surface area contributed by atoms with Crippen molar-refractivity contribution < 1.29 is 4.79 Å². The van der Waals surface area contributed by atoms with Crippen LogP contribution in [-0.2, 0) is 4.79 Å². The average molecular weight is 391 g/mol. The lowest BCUT2D eigenvalue weighted by molar-refractivity contribution is -0.122. The van der Waals surface area contributed by atoms with Crippen molar-refractivity contribution in [3.63, 3.8) is 0 Å². The van der Waals surface area contributed by atoms with Crippen molar-refractivity contribution in [2.24, 2.45) is 5.92 Å². The number of nitrogens with zero attached hydrogens (tertiary/aromatic N) is 7. The van der Waals surface area contributed by atoms with Gasteiger partial charge >= 0.3 is 0 Å². The van der Waals surface area contributed by atoms with Gasteiger partial charge in [0, 0.05) is 25.3 Å². The SMILES string of the molecule is CCN(C(=O)[C@@H]1CCCN(c2ccc(-n3cncn3)nn2)C1)c1cccc(C)c1. The molecule has 0 spiro atoms. The molecule has 0 unspecified atom stereocenters. The summed E-state index contributed by atoms with van der Waals surface area (Å²) in [5.74, 6) is 1.52. The highest BCUT2D eigenvalue weighted by Crippen LogP contribution is 2.26. The third-order valence-corrected chi connectivity index (χ3v) is 5.28. The molecular weight excluding hydrogens is 366 g/mol. The van der Waals surface area contributed by atoms with Gasteiger partial charge in [-0.1, -0.05) is 12.1 Å². The third-order valence-electron chi connectivity index (χ3n) is 5.28. The lowest BCUT2D eigenvalue weighted by Gasteiger charge is -2.35. The molecule has 0 N–H and O–H groups in total. The molecule has 1 fully saturated rings. The molecule has 1 saturated heterocycles. The summed E-state index contributed by atoms with van der Waals surface area (Å²) in [4.78, 5) is 21.2. The zero-order chi connectivity index (χ0) is 20.2. The number of aryl methyl sites for hydroxylation is 1. The van der Waals surface area contributed by atoms with Crippen molar-refractivity contribution in [3.8, 4) is 5.82 Å². The molecule has 1 atom stereocenters. The van der Waals surface area contributed by atoms with Gasteiger partial charge in [-0.25, -0.2) is 9.67 Å². The standard InChI is InChI=1S/C21H25N7O/c1-3-27(18-8-4-6-16(2)12-18)21(29)17-7-5-11-26(13-17)19-9-10-20(25-24-19)28-15-22-14-23-28/h4,6,8-10,12,14-15,17H,3,5,7,11,13H2,1-2H3/t17-/m1/s1. The molecule has 8 nitrogen and oxygen atoms in total. The van der Waals surface area contributed by atoms with Crippen molar-refractivity contribution in [2.45, 2.75) is 26.7 Å². The summed E-state index contributed by atoms with van der Waals surface area (Å²) in [5, 5.41) is 12.7. The van der Waals surface area contributed by atoms with E-state index in [1.165, 1.54) is 6.33 Å². The summed E-state index contributed by atoms with van der Waals surface area (Å²) in [6.45, 7) is 6.25. The van der Waals surface area contributed by atoms with Crippen LogP contribution in [-0.4, -0.2) is 50.5 Å². The molecule has 8 heteroatoms. The Morgan fingerprint density at radius 2 is 2.03 bits per heavy atom. The van der Waals surface area contributed by atoms with Gasteiger partial charge in [0.15, 0.2) is 11.6 Å². The first kappa shape index (κ1) is 19.0. The molecule has 0 saturated carbocycles. The Hall–Kier alpha value is -3.29. The van der Waals surface area contributed by atoms with Crippen molar-refractivity contribution in [1.82, 2.24) is 25.0 Å². The number of carbonyl (C=O) groups excluding carboxylic acids is 1. The molecule has 2 aromatic heterocycles. The van der Waals surface area contributed by atoms with Crippen LogP contribution in [0.15, 0.2) is 49.1 Å². The Labute approximate surface area is 170 Å². The minimum absolute atomic E-state index is 0.0546. The lowest BCUT2D eigenvalue weighted by Crippen LogP contribution is -2.45. The number of carbonyl (C=O) groups is 1. The molecule has 1 aliphatic rings. The molecule has 3 aromatic rings. The Balaban J connectivity index is 1.48. The van der Waals surface area contributed by atoms with Gasteiger partial charge in [0.2, 0.25) is 5.91 Å². The number of amides is 1. The molecule has 1 amide bonds. The maximum atomic E-state index is 13.3. The Kier molecular flexibility index (Phi) is 5.50. The number of rotatable bonds is 5. The fourth-order valence-corrected chi connectivity index (χ4v) is 3.80. The van der Waals surface area contributed by atoms with Crippen LogP contribution in [0.3, 0.4) is 0 Å². The molecule has 0 bridgehead atoms. The number of hydrogen-bond acceptors (Lipinski definition) is 6. The van der Waals surface area contributed by atoms with Crippen molar-refractivity contribution in [1.29, 1.82) is 0 Å².